The number of nitrogens with two attached hydrogens (primary N) is 1. The molecule has 0 amide bonds. The van der Waals surface area contributed by atoms with Gasteiger partial charge in [-0.15, -0.1) is 0 Å². The number of nitrogens with zero attached hydrogens (tertiary/aromatic N) is 4. The average Bonchev–Trinajstić information content (AvgIpc) is 2.89. The molecule has 0 spiro atoms. The minimum absolute atomic E-state index is 0.388. The van der Waals surface area contributed by atoms with E-state index in [2.05, 4.69) is 27.7 Å². The smallest absolute Gasteiger partial charge is 0.163 e. The van der Waals surface area contributed by atoms with Crippen molar-refractivity contribution in [2.75, 3.05) is 18.6 Å². The van der Waals surface area contributed by atoms with Crippen LogP contribution < -0.4 is 10.5 Å². The van der Waals surface area contributed by atoms with Gasteiger partial charge in [0.25, 0.3) is 0 Å². The average molecular weight is 336 g/mol. The molecule has 114 valence electrons. The molecule has 0 saturated heterocycles. The van der Waals surface area contributed by atoms with Crippen LogP contribution >= 0.6 is 24.2 Å². The van der Waals surface area contributed by atoms with E-state index < -0.39 is 0 Å². The number of ether oxygens (including phenoxy) is 1. The second kappa shape index (κ2) is 6.02. The molecule has 0 fully saturated rings. The van der Waals surface area contributed by atoms with E-state index in [0.29, 0.717) is 45.6 Å². The lowest BCUT2D eigenvalue weighted by atomic mass is 10.1. The summed E-state index contributed by atoms with van der Waals surface area (Å²) < 4.78 is 7.04. The molecule has 0 radical (unpaired) electrons. The summed E-state index contributed by atoms with van der Waals surface area (Å²) >= 11 is 10.3. The number of anilines is 1. The predicted molar refractivity (Wildman–Crippen MR) is 90.6 cm³/mol. The lowest BCUT2D eigenvalue weighted by Gasteiger charge is -2.05. The highest BCUT2D eigenvalue weighted by Crippen LogP contribution is 2.34. The molecule has 0 aliphatic carbocycles. The van der Waals surface area contributed by atoms with Crippen LogP contribution in [0.1, 0.15) is 0 Å². The second-order valence-electron chi connectivity index (χ2n) is 4.60. The number of benzene rings is 1. The van der Waals surface area contributed by atoms with Gasteiger partial charge < -0.3 is 10.5 Å². The van der Waals surface area contributed by atoms with Gasteiger partial charge in [0, 0.05) is 11.3 Å². The van der Waals surface area contributed by atoms with Crippen LogP contribution in [0.3, 0.4) is 0 Å². The van der Waals surface area contributed by atoms with Gasteiger partial charge in [-0.1, -0.05) is 17.7 Å². The Balaban J connectivity index is 2.26. The Labute approximate surface area is 137 Å². The van der Waals surface area contributed by atoms with Crippen molar-refractivity contribution >= 4 is 41.1 Å². The molecule has 2 N–H and O–H groups in total. The summed E-state index contributed by atoms with van der Waals surface area (Å²) in [5.74, 6) is 1.61. The summed E-state index contributed by atoms with van der Waals surface area (Å²) in [4.78, 5) is 8.35. The van der Waals surface area contributed by atoms with Gasteiger partial charge in [0.2, 0.25) is 0 Å². The summed E-state index contributed by atoms with van der Waals surface area (Å²) in [5.41, 5.74) is 8.25. The van der Waals surface area contributed by atoms with Crippen LogP contribution in [0.4, 0.5) is 5.82 Å². The number of nitrogen functional groups attached to an aromatic ring is 1. The van der Waals surface area contributed by atoms with Crippen molar-refractivity contribution in [2.45, 2.75) is 6.54 Å². The number of thiol groups is 1. The minimum atomic E-state index is 0.388. The number of aromatic nitrogens is 4. The van der Waals surface area contributed by atoms with Gasteiger partial charge >= 0.3 is 0 Å². The Hall–Kier alpha value is -1.99. The second-order valence-corrected chi connectivity index (χ2v) is 5.46. The zero-order valence-corrected chi connectivity index (χ0v) is 13.5. The monoisotopic (exact) mass is 335 g/mol. The Bertz CT molecular complexity index is 835. The zero-order valence-electron chi connectivity index (χ0n) is 11.8. The fourth-order valence-corrected chi connectivity index (χ4v) is 2.67. The summed E-state index contributed by atoms with van der Waals surface area (Å²) in [6.45, 7) is 0.626. The third-order valence-electron chi connectivity index (χ3n) is 3.29. The number of rotatable bonds is 4. The molecule has 3 aromatic rings. The Morgan fingerprint density at radius 1 is 1.36 bits per heavy atom. The number of aryl methyl sites for hydroxylation is 1. The first-order chi connectivity index (χ1) is 10.7. The molecule has 0 aliphatic rings. The maximum atomic E-state index is 6.08. The van der Waals surface area contributed by atoms with Crippen LogP contribution in [0.25, 0.3) is 22.3 Å². The van der Waals surface area contributed by atoms with E-state index in [4.69, 9.17) is 22.1 Å². The number of halogens is 1. The number of hydrogen-bond donors (Lipinski definition) is 2. The summed E-state index contributed by atoms with van der Waals surface area (Å²) in [6, 6.07) is 5.45. The molecule has 0 unspecified atom stereocenters. The first-order valence-corrected chi connectivity index (χ1v) is 7.58. The van der Waals surface area contributed by atoms with E-state index >= 15 is 0 Å². The molecule has 2 heterocycles. The third-order valence-corrected chi connectivity index (χ3v) is 3.81. The minimum Gasteiger partial charge on any atom is -0.495 e. The maximum absolute atomic E-state index is 6.08. The molecule has 22 heavy (non-hydrogen) atoms. The quantitative estimate of drug-likeness (QED) is 0.717. The third kappa shape index (κ3) is 2.46. The van der Waals surface area contributed by atoms with E-state index in [1.165, 1.54) is 6.33 Å². The van der Waals surface area contributed by atoms with Crippen molar-refractivity contribution in [2.24, 2.45) is 0 Å². The van der Waals surface area contributed by atoms with Crippen LogP contribution in [0.2, 0.25) is 5.02 Å². The molecule has 0 atom stereocenters. The van der Waals surface area contributed by atoms with Crippen molar-refractivity contribution in [1.29, 1.82) is 0 Å². The van der Waals surface area contributed by atoms with Crippen LogP contribution in [-0.4, -0.2) is 32.6 Å². The molecule has 8 heteroatoms. The van der Waals surface area contributed by atoms with Gasteiger partial charge in [0.15, 0.2) is 5.65 Å². The number of fused-ring (bicyclic) bond motifs is 1. The van der Waals surface area contributed by atoms with Crippen LogP contribution in [0, 0.1) is 0 Å². The van der Waals surface area contributed by atoms with E-state index in [-0.39, 0.29) is 0 Å². The highest BCUT2D eigenvalue weighted by Gasteiger charge is 2.17. The predicted octanol–water partition coefficient (Wildman–Crippen LogP) is 2.67. The summed E-state index contributed by atoms with van der Waals surface area (Å²) in [6.07, 6.45) is 1.43. The normalized spacial score (nSPS) is 11.0. The Morgan fingerprint density at radius 2 is 2.18 bits per heavy atom. The van der Waals surface area contributed by atoms with E-state index in [0.717, 1.165) is 5.56 Å². The van der Waals surface area contributed by atoms with Crippen LogP contribution in [0.15, 0.2) is 24.5 Å². The van der Waals surface area contributed by atoms with Crippen molar-refractivity contribution in [1.82, 2.24) is 19.7 Å². The van der Waals surface area contributed by atoms with Crippen molar-refractivity contribution < 1.29 is 4.74 Å². The van der Waals surface area contributed by atoms with Crippen molar-refractivity contribution in [3.63, 3.8) is 0 Å². The molecule has 6 nitrogen and oxygen atoms in total. The van der Waals surface area contributed by atoms with Gasteiger partial charge in [0.1, 0.15) is 23.6 Å². The van der Waals surface area contributed by atoms with Gasteiger partial charge in [-0.2, -0.15) is 17.7 Å². The van der Waals surface area contributed by atoms with E-state index in [1.54, 1.807) is 17.9 Å². The fourth-order valence-electron chi connectivity index (χ4n) is 2.29. The van der Waals surface area contributed by atoms with Gasteiger partial charge in [-0.3, -0.25) is 0 Å². The Morgan fingerprint density at radius 3 is 2.91 bits per heavy atom. The molecular weight excluding hydrogens is 322 g/mol. The zero-order chi connectivity index (χ0) is 15.7. The van der Waals surface area contributed by atoms with Gasteiger partial charge in [-0.25, -0.2) is 14.6 Å². The van der Waals surface area contributed by atoms with Crippen molar-refractivity contribution in [3.05, 3.63) is 29.5 Å². The maximum Gasteiger partial charge on any atom is 0.163 e. The molecule has 3 rings (SSSR count). The standard InChI is InChI=1S/C14H14ClN5OS/c1-21-10-6-8(2-3-9(10)15)12-11-13(16)17-7-18-14(11)20(19-12)4-5-22/h2-3,6-7,22H,4-5H2,1H3,(H2,16,17,18). The van der Waals surface area contributed by atoms with Crippen LogP contribution in [-0.2, 0) is 6.54 Å². The van der Waals surface area contributed by atoms with Crippen LogP contribution in [0.5, 0.6) is 5.75 Å². The molecule has 0 bridgehead atoms. The molecular formula is C14H14ClN5OS. The highest BCUT2D eigenvalue weighted by atomic mass is 35.5. The number of methoxy groups -OCH3 is 1. The van der Waals surface area contributed by atoms with Gasteiger partial charge in [0.05, 0.1) is 24.1 Å². The van der Waals surface area contributed by atoms with E-state index in [1.807, 2.05) is 12.1 Å². The Kier molecular flexibility index (Phi) is 4.08. The van der Waals surface area contributed by atoms with Crippen molar-refractivity contribution in [3.8, 4) is 17.0 Å². The lowest BCUT2D eigenvalue weighted by Crippen LogP contribution is -2.02. The largest absolute Gasteiger partial charge is 0.495 e. The first kappa shape index (κ1) is 14.9. The lowest BCUT2D eigenvalue weighted by molar-refractivity contribution is 0.415. The molecule has 0 saturated carbocycles. The highest BCUT2D eigenvalue weighted by molar-refractivity contribution is 7.80. The SMILES string of the molecule is COc1cc(-c2nn(CCS)c3ncnc(N)c23)ccc1Cl. The molecule has 1 aromatic carbocycles. The molecule has 2 aromatic heterocycles. The van der Waals surface area contributed by atoms with Gasteiger partial charge in [-0.05, 0) is 12.1 Å². The van der Waals surface area contributed by atoms with E-state index in [9.17, 15) is 0 Å². The number of hydrogen-bond acceptors (Lipinski definition) is 6. The summed E-state index contributed by atoms with van der Waals surface area (Å²) in [7, 11) is 1.57. The summed E-state index contributed by atoms with van der Waals surface area (Å²) in [5, 5.41) is 5.85. The molecule has 0 aliphatic heterocycles. The topological polar surface area (TPSA) is 78.8 Å². The first-order valence-electron chi connectivity index (χ1n) is 6.57. The fraction of sp³-hybridized carbons (Fsp3) is 0.214.